The Labute approximate surface area is 131 Å². The van der Waals surface area contributed by atoms with Crippen molar-refractivity contribution < 1.29 is 19.0 Å². The number of benzene rings is 2. The van der Waals surface area contributed by atoms with E-state index in [0.29, 0.717) is 23.5 Å². The van der Waals surface area contributed by atoms with Crippen LogP contribution in [-0.4, -0.2) is 18.8 Å². The molecule has 1 N–H and O–H groups in total. The van der Waals surface area contributed by atoms with Crippen LogP contribution in [0.1, 0.15) is 24.2 Å². The molecular weight excluding hydrogens is 339 g/mol. The maximum atomic E-state index is 13.5. The number of hydrogen-bond donors (Lipinski definition) is 1. The van der Waals surface area contributed by atoms with Gasteiger partial charge in [-0.3, -0.25) is 0 Å². The molecule has 0 saturated heterocycles. The van der Waals surface area contributed by atoms with E-state index in [1.54, 1.807) is 12.1 Å². The highest BCUT2D eigenvalue weighted by molar-refractivity contribution is 9.10. The molecule has 21 heavy (non-hydrogen) atoms. The van der Waals surface area contributed by atoms with E-state index < -0.39 is 11.9 Å². The Bertz CT molecular complexity index is 631. The van der Waals surface area contributed by atoms with Gasteiger partial charge in [0.15, 0.2) is 11.6 Å². The number of halogens is 2. The third-order valence-electron chi connectivity index (χ3n) is 3.06. The van der Waals surface area contributed by atoms with Gasteiger partial charge in [-0.15, -0.1) is 0 Å². The van der Waals surface area contributed by atoms with Gasteiger partial charge in [-0.1, -0.05) is 22.0 Å². The predicted octanol–water partition coefficient (Wildman–Crippen LogP) is 4.08. The average molecular weight is 355 g/mol. The number of aliphatic hydroxyl groups is 1. The van der Waals surface area contributed by atoms with Crippen LogP contribution in [0.15, 0.2) is 40.9 Å². The molecule has 0 spiro atoms. The minimum Gasteiger partial charge on any atom is -0.494 e. The lowest BCUT2D eigenvalue weighted by molar-refractivity contribution is 0.211. The molecule has 0 saturated carbocycles. The molecule has 112 valence electrons. The molecule has 5 heteroatoms. The molecule has 0 aliphatic carbocycles. The number of rotatable bonds is 5. The Morgan fingerprint density at radius 2 is 1.95 bits per heavy atom. The lowest BCUT2D eigenvalue weighted by Crippen LogP contribution is -2.05. The molecule has 1 unspecified atom stereocenters. The number of aliphatic hydroxyl groups excluding tert-OH is 1. The van der Waals surface area contributed by atoms with Gasteiger partial charge in [-0.2, -0.15) is 0 Å². The van der Waals surface area contributed by atoms with Crippen molar-refractivity contribution in [3.05, 3.63) is 57.8 Å². The highest BCUT2D eigenvalue weighted by Crippen LogP contribution is 2.34. The molecule has 2 aromatic carbocycles. The van der Waals surface area contributed by atoms with Crippen LogP contribution in [0.3, 0.4) is 0 Å². The molecule has 0 bridgehead atoms. The van der Waals surface area contributed by atoms with Crippen LogP contribution < -0.4 is 9.47 Å². The van der Waals surface area contributed by atoms with E-state index in [-0.39, 0.29) is 5.75 Å². The highest BCUT2D eigenvalue weighted by atomic mass is 79.9. The maximum Gasteiger partial charge on any atom is 0.165 e. The summed E-state index contributed by atoms with van der Waals surface area (Å²) in [4.78, 5) is 0. The second-order valence-corrected chi connectivity index (χ2v) is 5.33. The van der Waals surface area contributed by atoms with Gasteiger partial charge in [-0.25, -0.2) is 4.39 Å². The second kappa shape index (κ2) is 6.91. The van der Waals surface area contributed by atoms with Gasteiger partial charge in [0.1, 0.15) is 11.9 Å². The molecule has 1 atom stereocenters. The Morgan fingerprint density at radius 1 is 1.19 bits per heavy atom. The van der Waals surface area contributed by atoms with Crippen LogP contribution in [0.4, 0.5) is 4.39 Å². The summed E-state index contributed by atoms with van der Waals surface area (Å²) in [5.74, 6) is 0.226. The van der Waals surface area contributed by atoms with E-state index in [2.05, 4.69) is 15.9 Å². The number of hydrogen-bond acceptors (Lipinski definition) is 3. The largest absolute Gasteiger partial charge is 0.494 e. The minimum atomic E-state index is -0.932. The van der Waals surface area contributed by atoms with Crippen molar-refractivity contribution >= 4 is 15.9 Å². The normalized spacial score (nSPS) is 12.0. The van der Waals surface area contributed by atoms with Gasteiger partial charge in [0.25, 0.3) is 0 Å². The van der Waals surface area contributed by atoms with Crippen molar-refractivity contribution in [1.29, 1.82) is 0 Å². The topological polar surface area (TPSA) is 38.7 Å². The molecule has 0 aliphatic heterocycles. The molecular formula is C16H16BrFO3. The maximum absolute atomic E-state index is 13.5. The van der Waals surface area contributed by atoms with E-state index in [1.807, 2.05) is 13.0 Å². The molecule has 2 aromatic rings. The van der Waals surface area contributed by atoms with Gasteiger partial charge in [0.05, 0.1) is 13.7 Å². The zero-order chi connectivity index (χ0) is 15.4. The molecule has 0 amide bonds. The summed E-state index contributed by atoms with van der Waals surface area (Å²) in [5.41, 5.74) is 1.15. The standard InChI is InChI=1S/C16H16BrFO3/c1-3-21-14-7-5-11(17)9-12(14)16(19)10-4-6-13(18)15(8-10)20-2/h4-9,16,19H,3H2,1-2H3. The first-order valence-corrected chi connectivity index (χ1v) is 7.29. The fourth-order valence-electron chi connectivity index (χ4n) is 2.05. The second-order valence-electron chi connectivity index (χ2n) is 4.41. The van der Waals surface area contributed by atoms with Crippen LogP contribution in [0, 0.1) is 5.82 Å². The summed E-state index contributed by atoms with van der Waals surface area (Å²) >= 11 is 3.38. The zero-order valence-corrected chi connectivity index (χ0v) is 13.4. The molecule has 2 rings (SSSR count). The predicted molar refractivity (Wildman–Crippen MR) is 82.3 cm³/mol. The van der Waals surface area contributed by atoms with Crippen molar-refractivity contribution in [2.75, 3.05) is 13.7 Å². The highest BCUT2D eigenvalue weighted by Gasteiger charge is 2.18. The Hall–Kier alpha value is -1.59. The average Bonchev–Trinajstić information content (AvgIpc) is 2.49. The monoisotopic (exact) mass is 354 g/mol. The molecule has 0 aliphatic rings. The van der Waals surface area contributed by atoms with Gasteiger partial charge in [0, 0.05) is 10.0 Å². The number of ether oxygens (including phenoxy) is 2. The smallest absolute Gasteiger partial charge is 0.165 e. The van der Waals surface area contributed by atoms with Gasteiger partial charge < -0.3 is 14.6 Å². The Balaban J connectivity index is 2.43. The summed E-state index contributed by atoms with van der Waals surface area (Å²) < 4.78 is 24.8. The molecule has 0 fully saturated rings. The van der Waals surface area contributed by atoms with Gasteiger partial charge in [-0.05, 0) is 42.8 Å². The van der Waals surface area contributed by atoms with Crippen molar-refractivity contribution in [2.24, 2.45) is 0 Å². The SMILES string of the molecule is CCOc1ccc(Br)cc1C(O)c1ccc(F)c(OC)c1. The molecule has 0 heterocycles. The lowest BCUT2D eigenvalue weighted by atomic mass is 10.0. The van der Waals surface area contributed by atoms with Crippen LogP contribution in [-0.2, 0) is 0 Å². The van der Waals surface area contributed by atoms with E-state index >= 15 is 0 Å². The first-order chi connectivity index (χ1) is 10.1. The minimum absolute atomic E-state index is 0.0968. The quantitative estimate of drug-likeness (QED) is 0.879. The van der Waals surface area contributed by atoms with Crippen molar-refractivity contribution in [3.63, 3.8) is 0 Å². The van der Waals surface area contributed by atoms with E-state index in [0.717, 1.165) is 4.47 Å². The summed E-state index contributed by atoms with van der Waals surface area (Å²) in [6.07, 6.45) is -0.932. The molecule has 0 radical (unpaired) electrons. The van der Waals surface area contributed by atoms with Crippen LogP contribution in [0.25, 0.3) is 0 Å². The summed E-state index contributed by atoms with van der Waals surface area (Å²) in [5, 5.41) is 10.6. The Morgan fingerprint density at radius 3 is 2.62 bits per heavy atom. The van der Waals surface area contributed by atoms with Crippen LogP contribution in [0.5, 0.6) is 11.5 Å². The van der Waals surface area contributed by atoms with Crippen molar-refractivity contribution in [1.82, 2.24) is 0 Å². The fraction of sp³-hybridized carbons (Fsp3) is 0.250. The molecule has 0 aromatic heterocycles. The number of methoxy groups -OCH3 is 1. The van der Waals surface area contributed by atoms with Gasteiger partial charge >= 0.3 is 0 Å². The van der Waals surface area contributed by atoms with E-state index in [1.165, 1.54) is 25.3 Å². The van der Waals surface area contributed by atoms with E-state index in [9.17, 15) is 9.50 Å². The zero-order valence-electron chi connectivity index (χ0n) is 11.8. The first-order valence-electron chi connectivity index (χ1n) is 6.50. The molecule has 3 nitrogen and oxygen atoms in total. The Kier molecular flexibility index (Phi) is 5.20. The summed E-state index contributed by atoms with van der Waals surface area (Å²) in [6, 6.07) is 9.69. The summed E-state index contributed by atoms with van der Waals surface area (Å²) in [7, 11) is 1.39. The van der Waals surface area contributed by atoms with Crippen LogP contribution >= 0.6 is 15.9 Å². The third-order valence-corrected chi connectivity index (χ3v) is 3.55. The van der Waals surface area contributed by atoms with Gasteiger partial charge in [0.2, 0.25) is 0 Å². The third kappa shape index (κ3) is 3.54. The summed E-state index contributed by atoms with van der Waals surface area (Å²) in [6.45, 7) is 2.37. The fourth-order valence-corrected chi connectivity index (χ4v) is 2.42. The van der Waals surface area contributed by atoms with Crippen molar-refractivity contribution in [3.8, 4) is 11.5 Å². The van der Waals surface area contributed by atoms with Crippen LogP contribution in [0.2, 0.25) is 0 Å². The first kappa shape index (κ1) is 15.8. The van der Waals surface area contributed by atoms with Crippen molar-refractivity contribution in [2.45, 2.75) is 13.0 Å². The van der Waals surface area contributed by atoms with E-state index in [4.69, 9.17) is 9.47 Å². The lowest BCUT2D eigenvalue weighted by Gasteiger charge is -2.17.